The van der Waals surface area contributed by atoms with Crippen LogP contribution < -0.4 is 0 Å². The largest absolute Gasteiger partial charge is 2.00 e. The van der Waals surface area contributed by atoms with Crippen molar-refractivity contribution in [2.24, 2.45) is 0 Å². The number of carbonyl (C=O) groups excluding carboxylic acids is 1. The summed E-state index contributed by atoms with van der Waals surface area (Å²) in [7, 11) is 3.69. The number of aliphatic hydroxyl groups excluding tert-OH is 1. The van der Waals surface area contributed by atoms with E-state index in [1.54, 1.807) is 4.58 Å². The molecule has 0 aliphatic heterocycles. The van der Waals surface area contributed by atoms with Crippen molar-refractivity contribution >= 4 is 62.1 Å². The van der Waals surface area contributed by atoms with Crippen LogP contribution >= 0.6 is 43.5 Å². The molecule has 0 aliphatic rings. The van der Waals surface area contributed by atoms with Crippen LogP contribution in [0.2, 0.25) is 0 Å². The van der Waals surface area contributed by atoms with E-state index in [1.807, 2.05) is 14.1 Å². The van der Waals surface area contributed by atoms with Crippen molar-refractivity contribution in [2.75, 3.05) is 20.7 Å². The van der Waals surface area contributed by atoms with E-state index >= 15 is 0 Å². The minimum atomic E-state index is 0. The van der Waals surface area contributed by atoms with Gasteiger partial charge < -0.3 is 74.4 Å². The fraction of sp³-hybridized carbons (Fsp3) is 0.333. The molecule has 20 heavy (non-hydrogen) atoms. The van der Waals surface area contributed by atoms with Gasteiger partial charge in [-0.15, -0.1) is 0 Å². The van der Waals surface area contributed by atoms with Crippen LogP contribution in [-0.4, -0.2) is 49.0 Å². The molecule has 0 aromatic heterocycles. The van der Waals surface area contributed by atoms with E-state index < -0.39 is 0 Å². The van der Waals surface area contributed by atoms with Crippen LogP contribution in [0.15, 0.2) is 0 Å². The summed E-state index contributed by atoms with van der Waals surface area (Å²) >= 11 is 9.57. The minimum Gasteiger partial charge on any atom is -0.665 e. The molecular weight excluding hydrogens is 933 g/mol. The first kappa shape index (κ1) is 49.5. The van der Waals surface area contributed by atoms with Crippen molar-refractivity contribution < 1.29 is 87.2 Å². The summed E-state index contributed by atoms with van der Waals surface area (Å²) in [6.45, 7) is 4.39. The first-order valence-electron chi connectivity index (χ1n) is 3.47. The standard InChI is InChI=1S/C5H10NO.2CH2Br.CClO.CHO2.3W/c1-4-7-5-6(2)3;2*1-2;2*2-1-3;;;/h1,4H2,2-3H3;2*1H2;;(H,2,3);;;/q5*-1;3*+2. The van der Waals surface area contributed by atoms with Gasteiger partial charge in [0.1, 0.15) is 14.1 Å². The number of nitrogens with zero attached hydrogens (tertiary/aromatic N) is 1. The summed E-state index contributed by atoms with van der Waals surface area (Å²) in [4.78, 5) is 16.7. The van der Waals surface area contributed by atoms with Gasteiger partial charge in [0, 0.05) is 0 Å². The molecule has 0 radical (unpaired) electrons. The van der Waals surface area contributed by atoms with Gasteiger partial charge in [-0.25, -0.2) is 0 Å². The van der Waals surface area contributed by atoms with Crippen LogP contribution in [0.5, 0.6) is 0 Å². The molecule has 0 unspecified atom stereocenters. The van der Waals surface area contributed by atoms with Crippen molar-refractivity contribution in [3.63, 3.8) is 0 Å². The zero-order chi connectivity index (χ0) is 15.1. The van der Waals surface area contributed by atoms with Gasteiger partial charge in [-0.3, -0.25) is 11.7 Å². The quantitative estimate of drug-likeness (QED) is 0.152. The topological polar surface area (TPSA) is 66.6 Å². The smallest absolute Gasteiger partial charge is 0.665 e. The first-order chi connectivity index (χ1) is 8.10. The van der Waals surface area contributed by atoms with E-state index in [9.17, 15) is 0 Å². The minimum absolute atomic E-state index is 0. The van der Waals surface area contributed by atoms with Gasteiger partial charge in [0.2, 0.25) is 0 Å². The van der Waals surface area contributed by atoms with E-state index in [2.05, 4.69) is 73.2 Å². The van der Waals surface area contributed by atoms with Crippen LogP contribution in [0.3, 0.4) is 0 Å². The average Bonchev–Trinajstić information content (AvgIpc) is 2.33. The van der Waals surface area contributed by atoms with E-state index in [4.69, 9.17) is 14.7 Å². The second kappa shape index (κ2) is 84.3. The molecular formula is C9H15Br2ClNO4W3+. The van der Waals surface area contributed by atoms with Crippen molar-refractivity contribution in [1.82, 2.24) is 0 Å². The Bertz CT molecular complexity index is 151. The fourth-order valence-corrected chi connectivity index (χ4v) is 0.175. The Morgan fingerprint density at radius 2 is 1.35 bits per heavy atom. The van der Waals surface area contributed by atoms with E-state index in [-0.39, 0.29) is 63.2 Å². The average molecular weight is 948 g/mol. The van der Waals surface area contributed by atoms with Gasteiger partial charge in [0.25, 0.3) is 0 Å². The van der Waals surface area contributed by atoms with Gasteiger partial charge in [-0.05, 0) is 6.40 Å². The Morgan fingerprint density at radius 1 is 1.15 bits per heavy atom. The third-order valence-corrected chi connectivity index (χ3v) is 0.349. The SMILES string of the molecule is O=[C-]Cl.O=[C-]O.[CH2-]Br.[CH2-]Br.[CH2-]CO[C-]=[N+](C)C.[W+2].[W+2].[W+2]. The fourth-order valence-electron chi connectivity index (χ4n) is 0.175. The number of halogens is 3. The molecule has 0 saturated heterocycles. The molecule has 0 bridgehead atoms. The first-order valence-corrected chi connectivity index (χ1v) is 6.09. The molecule has 0 spiro atoms. The summed E-state index contributed by atoms with van der Waals surface area (Å²) in [5.41, 5.74) is 0. The molecule has 0 amide bonds. The second-order valence-electron chi connectivity index (χ2n) is 1.50. The number of rotatable bonds is 2. The molecule has 0 fully saturated rings. The van der Waals surface area contributed by atoms with Gasteiger partial charge in [-0.1, -0.05) is 13.1 Å². The Balaban J connectivity index is -0.0000000162. The molecule has 118 valence electrons. The molecule has 0 saturated carbocycles. The monoisotopic (exact) mass is 946 g/mol. The maximum atomic E-state index is 8.45. The Hall–Kier alpha value is 1.92. The zero-order valence-corrected chi connectivity index (χ0v) is 23.5. The molecule has 0 aromatic rings. The molecule has 0 aromatic carbocycles. The maximum absolute atomic E-state index is 8.45. The molecule has 0 rings (SSSR count). The molecule has 1 N–H and O–H groups in total. The summed E-state index contributed by atoms with van der Waals surface area (Å²) in [6.07, 6.45) is 2.57. The molecule has 0 heterocycles. The summed E-state index contributed by atoms with van der Waals surface area (Å²) in [5.74, 6) is 7.10. The summed E-state index contributed by atoms with van der Waals surface area (Å²) in [5, 5.41) is 6.76. The van der Waals surface area contributed by atoms with Gasteiger partial charge in [0.05, 0.1) is 0 Å². The van der Waals surface area contributed by atoms with Crippen molar-refractivity contribution in [2.45, 2.75) is 0 Å². The Morgan fingerprint density at radius 3 is 1.40 bits per heavy atom. The van der Waals surface area contributed by atoms with Crippen molar-refractivity contribution in [3.8, 4) is 0 Å². The molecule has 0 atom stereocenters. The number of ether oxygens (including phenoxy) is 1. The molecule has 11 heteroatoms. The van der Waals surface area contributed by atoms with Crippen LogP contribution in [-0.2, 0) is 77.5 Å². The summed E-state index contributed by atoms with van der Waals surface area (Å²) < 4.78 is 6.36. The van der Waals surface area contributed by atoms with Gasteiger partial charge in [0.15, 0.2) is 0 Å². The van der Waals surface area contributed by atoms with Crippen LogP contribution in [0.25, 0.3) is 0 Å². The van der Waals surface area contributed by atoms with Crippen LogP contribution in [0.1, 0.15) is 0 Å². The van der Waals surface area contributed by atoms with Gasteiger partial charge in [-0.2, -0.15) is 5.75 Å². The number of hydrogen-bond acceptors (Lipinski definition) is 3. The third-order valence-electron chi connectivity index (χ3n) is 0.349. The zero-order valence-electron chi connectivity index (χ0n) is 10.8. The maximum Gasteiger partial charge on any atom is 2.00 e. The van der Waals surface area contributed by atoms with Crippen molar-refractivity contribution in [1.29, 1.82) is 0 Å². The van der Waals surface area contributed by atoms with Crippen LogP contribution in [0, 0.1) is 18.6 Å². The second-order valence-corrected chi connectivity index (χ2v) is 1.66. The van der Waals surface area contributed by atoms with Crippen molar-refractivity contribution in [3.05, 3.63) is 18.6 Å². The third kappa shape index (κ3) is 203. The predicted octanol–water partition coefficient (Wildman–Crippen LogP) is 2.26. The normalized spacial score (nSPS) is 4.60. The summed E-state index contributed by atoms with van der Waals surface area (Å²) in [6, 6.07) is 0. The Labute approximate surface area is 186 Å². The number of hydrogen-bond donors (Lipinski definition) is 1. The molecule has 5 nitrogen and oxygen atoms in total. The van der Waals surface area contributed by atoms with Crippen LogP contribution in [0.4, 0.5) is 0 Å². The van der Waals surface area contributed by atoms with E-state index in [0.717, 1.165) is 5.75 Å². The predicted molar refractivity (Wildman–Crippen MR) is 76.9 cm³/mol. The van der Waals surface area contributed by atoms with E-state index in [0.29, 0.717) is 13.1 Å². The van der Waals surface area contributed by atoms with Gasteiger partial charge >= 0.3 is 63.2 Å². The molecule has 0 aliphatic carbocycles. The Kier molecular flexibility index (Phi) is 209. The van der Waals surface area contributed by atoms with E-state index in [1.165, 1.54) is 0 Å².